The van der Waals surface area contributed by atoms with Crippen molar-refractivity contribution in [3.8, 4) is 11.5 Å². The molecule has 1 atom stereocenters. The highest BCUT2D eigenvalue weighted by molar-refractivity contribution is 7.07. The molecule has 2 heterocycles. The van der Waals surface area contributed by atoms with E-state index in [2.05, 4.69) is 0 Å². The molecule has 5 aromatic rings. The predicted molar refractivity (Wildman–Crippen MR) is 179 cm³/mol. The molecule has 0 saturated heterocycles. The van der Waals surface area contributed by atoms with E-state index in [1.807, 2.05) is 87.5 Å². The fraction of sp³-hybridized carbons (Fsp3) is 0.216. The molecule has 1 aliphatic heterocycles. The van der Waals surface area contributed by atoms with Crippen molar-refractivity contribution in [2.75, 3.05) is 20.2 Å². The summed E-state index contributed by atoms with van der Waals surface area (Å²) in [5.41, 5.74) is 3.22. The predicted octanol–water partition coefficient (Wildman–Crippen LogP) is 5.98. The SMILES string of the molecule is CCN(CC)C(=O)C1=C(C)N=c2s/c(=C/c3ccc(OCc4ccc(F)cc4)cc3)c(=O)n2[C@@H]1c1c(OC)ccc2ccccc12. The van der Waals surface area contributed by atoms with Crippen LogP contribution in [0.2, 0.25) is 0 Å². The average Bonchev–Trinajstić information content (AvgIpc) is 3.38. The van der Waals surface area contributed by atoms with Crippen molar-refractivity contribution in [1.82, 2.24) is 9.47 Å². The normalized spacial score (nSPS) is 14.6. The van der Waals surface area contributed by atoms with Gasteiger partial charge in [-0.1, -0.05) is 65.9 Å². The Balaban J connectivity index is 1.45. The smallest absolute Gasteiger partial charge is 0.271 e. The van der Waals surface area contributed by atoms with Crippen LogP contribution >= 0.6 is 11.3 Å². The number of aromatic nitrogens is 1. The Morgan fingerprint density at radius 2 is 1.72 bits per heavy atom. The van der Waals surface area contributed by atoms with E-state index in [4.69, 9.17) is 14.5 Å². The van der Waals surface area contributed by atoms with Gasteiger partial charge in [-0.05, 0) is 79.1 Å². The maximum Gasteiger partial charge on any atom is 0.271 e. The molecule has 4 aromatic carbocycles. The summed E-state index contributed by atoms with van der Waals surface area (Å²) in [5, 5.41) is 1.88. The summed E-state index contributed by atoms with van der Waals surface area (Å²) in [6.45, 7) is 7.09. The first kappa shape index (κ1) is 31.0. The van der Waals surface area contributed by atoms with Gasteiger partial charge < -0.3 is 14.4 Å². The summed E-state index contributed by atoms with van der Waals surface area (Å²) < 4.78 is 27.1. The number of carbonyl (C=O) groups excluding carboxylic acids is 1. The second-order valence-corrected chi connectivity index (χ2v) is 12.0. The number of benzene rings is 4. The van der Waals surface area contributed by atoms with Gasteiger partial charge in [0, 0.05) is 18.7 Å². The zero-order valence-corrected chi connectivity index (χ0v) is 26.9. The van der Waals surface area contributed by atoms with Crippen molar-refractivity contribution in [3.63, 3.8) is 0 Å². The summed E-state index contributed by atoms with van der Waals surface area (Å²) >= 11 is 1.29. The number of nitrogens with zero attached hydrogens (tertiary/aromatic N) is 3. The molecule has 0 fully saturated rings. The van der Waals surface area contributed by atoms with Crippen LogP contribution in [0.25, 0.3) is 16.8 Å². The van der Waals surface area contributed by atoms with Gasteiger partial charge >= 0.3 is 0 Å². The number of rotatable bonds is 9. The summed E-state index contributed by atoms with van der Waals surface area (Å²) in [6, 6.07) is 24.7. The van der Waals surface area contributed by atoms with Gasteiger partial charge in [0.2, 0.25) is 0 Å². The molecular formula is C37H34FN3O4S. The van der Waals surface area contributed by atoms with E-state index in [9.17, 15) is 14.0 Å². The lowest BCUT2D eigenvalue weighted by atomic mass is 9.90. The van der Waals surface area contributed by atoms with Crippen LogP contribution < -0.4 is 24.4 Å². The van der Waals surface area contributed by atoms with Crippen LogP contribution in [0, 0.1) is 5.82 Å². The Kier molecular flexibility index (Phi) is 8.85. The van der Waals surface area contributed by atoms with Gasteiger partial charge in [-0.25, -0.2) is 9.38 Å². The molecule has 7 nitrogen and oxygen atoms in total. The molecular weight excluding hydrogens is 601 g/mol. The highest BCUT2D eigenvalue weighted by Gasteiger charge is 2.36. The van der Waals surface area contributed by atoms with Crippen molar-refractivity contribution >= 4 is 34.1 Å². The second kappa shape index (κ2) is 13.1. The molecule has 234 valence electrons. The van der Waals surface area contributed by atoms with Gasteiger partial charge in [-0.2, -0.15) is 0 Å². The number of hydrogen-bond acceptors (Lipinski definition) is 6. The monoisotopic (exact) mass is 635 g/mol. The fourth-order valence-electron chi connectivity index (χ4n) is 5.84. The Morgan fingerprint density at radius 1 is 1.00 bits per heavy atom. The number of thiazole rings is 1. The average molecular weight is 636 g/mol. The van der Waals surface area contributed by atoms with E-state index in [-0.39, 0.29) is 17.3 Å². The van der Waals surface area contributed by atoms with Crippen LogP contribution in [0.15, 0.2) is 106 Å². The lowest BCUT2D eigenvalue weighted by molar-refractivity contribution is -0.127. The molecule has 0 spiro atoms. The number of halogens is 1. The first-order chi connectivity index (χ1) is 22.3. The molecule has 0 radical (unpaired) electrons. The number of ether oxygens (including phenoxy) is 2. The minimum atomic E-state index is -0.741. The number of fused-ring (bicyclic) bond motifs is 2. The van der Waals surface area contributed by atoms with Crippen LogP contribution in [-0.4, -0.2) is 35.6 Å². The molecule has 0 aliphatic carbocycles. The molecule has 6 rings (SSSR count). The van der Waals surface area contributed by atoms with Gasteiger partial charge in [0.15, 0.2) is 4.80 Å². The molecule has 0 saturated carbocycles. The Hall–Kier alpha value is -5.02. The lowest BCUT2D eigenvalue weighted by Gasteiger charge is -2.30. The number of allylic oxidation sites excluding steroid dienone is 1. The van der Waals surface area contributed by atoms with E-state index < -0.39 is 6.04 Å². The van der Waals surface area contributed by atoms with Crippen LogP contribution in [0.4, 0.5) is 4.39 Å². The number of amides is 1. The Morgan fingerprint density at radius 3 is 2.41 bits per heavy atom. The van der Waals surface area contributed by atoms with Crippen molar-refractivity contribution in [2.24, 2.45) is 4.99 Å². The van der Waals surface area contributed by atoms with Crippen molar-refractivity contribution in [2.45, 2.75) is 33.4 Å². The quantitative estimate of drug-likeness (QED) is 0.200. The summed E-state index contributed by atoms with van der Waals surface area (Å²) in [4.78, 5) is 35.5. The van der Waals surface area contributed by atoms with Crippen molar-refractivity contribution < 1.29 is 18.7 Å². The van der Waals surface area contributed by atoms with Crippen LogP contribution in [0.5, 0.6) is 11.5 Å². The van der Waals surface area contributed by atoms with E-state index in [1.165, 1.54) is 23.5 Å². The topological polar surface area (TPSA) is 73.1 Å². The molecule has 9 heteroatoms. The molecule has 1 aliphatic rings. The molecule has 1 aromatic heterocycles. The molecule has 1 amide bonds. The molecule has 0 N–H and O–H groups in total. The van der Waals surface area contributed by atoms with Crippen LogP contribution in [-0.2, 0) is 11.4 Å². The molecule has 0 bridgehead atoms. The van der Waals surface area contributed by atoms with Gasteiger partial charge in [0.05, 0.1) is 22.9 Å². The zero-order chi connectivity index (χ0) is 32.4. The minimum Gasteiger partial charge on any atom is -0.496 e. The Labute approximate surface area is 270 Å². The van der Waals surface area contributed by atoms with Crippen molar-refractivity contribution in [1.29, 1.82) is 0 Å². The first-order valence-electron chi connectivity index (χ1n) is 15.2. The van der Waals surface area contributed by atoms with Gasteiger partial charge in [0.1, 0.15) is 30.0 Å². The van der Waals surface area contributed by atoms with Gasteiger partial charge in [-0.3, -0.25) is 14.2 Å². The maximum atomic E-state index is 14.3. The standard InChI is InChI=1S/C37H34FN3O4S/c1-5-40(6-2)36(43)32-23(3)39-37-41(34(32)33-29-10-8-7-9-26(29)15-20-30(33)44-4)35(42)31(46-37)21-24-13-18-28(19-14-24)45-22-25-11-16-27(38)17-12-25/h7-21,34H,5-6,22H2,1-4H3/b31-21+/t34-/m0/s1. The number of hydrogen-bond donors (Lipinski definition) is 0. The van der Waals surface area contributed by atoms with Gasteiger partial charge in [-0.15, -0.1) is 0 Å². The maximum absolute atomic E-state index is 14.3. The lowest BCUT2D eigenvalue weighted by Crippen LogP contribution is -2.43. The summed E-state index contributed by atoms with van der Waals surface area (Å²) in [6.07, 6.45) is 1.83. The number of methoxy groups -OCH3 is 1. The fourth-order valence-corrected chi connectivity index (χ4v) is 6.89. The summed E-state index contributed by atoms with van der Waals surface area (Å²) in [5.74, 6) is 0.801. The summed E-state index contributed by atoms with van der Waals surface area (Å²) in [7, 11) is 1.60. The molecule has 0 unspecified atom stereocenters. The third-order valence-electron chi connectivity index (χ3n) is 8.22. The van der Waals surface area contributed by atoms with E-state index in [1.54, 1.807) is 28.7 Å². The van der Waals surface area contributed by atoms with E-state index >= 15 is 0 Å². The second-order valence-electron chi connectivity index (χ2n) is 10.9. The number of likely N-dealkylation sites (N-methyl/N-ethyl adjacent to an activating group) is 1. The third kappa shape index (κ3) is 5.86. The van der Waals surface area contributed by atoms with E-state index in [0.29, 0.717) is 51.8 Å². The highest BCUT2D eigenvalue weighted by atomic mass is 32.1. The Bertz CT molecular complexity index is 2130. The number of carbonyl (C=O) groups is 1. The van der Waals surface area contributed by atoms with Crippen molar-refractivity contribution in [3.05, 3.63) is 138 Å². The van der Waals surface area contributed by atoms with Gasteiger partial charge in [0.25, 0.3) is 11.5 Å². The minimum absolute atomic E-state index is 0.156. The first-order valence-corrected chi connectivity index (χ1v) is 16.0. The van der Waals surface area contributed by atoms with Crippen LogP contribution in [0.3, 0.4) is 0 Å². The highest BCUT2D eigenvalue weighted by Crippen LogP contribution is 2.40. The van der Waals surface area contributed by atoms with Crippen LogP contribution in [0.1, 0.15) is 43.5 Å². The van der Waals surface area contributed by atoms with E-state index in [0.717, 1.165) is 27.5 Å². The zero-order valence-electron chi connectivity index (χ0n) is 26.1. The molecule has 46 heavy (non-hydrogen) atoms. The third-order valence-corrected chi connectivity index (χ3v) is 9.21. The largest absolute Gasteiger partial charge is 0.496 e.